The summed E-state index contributed by atoms with van der Waals surface area (Å²) in [6.45, 7) is 10.6. The van der Waals surface area contributed by atoms with E-state index in [-0.39, 0.29) is 18.2 Å². The quantitative estimate of drug-likeness (QED) is 0.451. The molecule has 0 spiro atoms. The van der Waals surface area contributed by atoms with Crippen molar-refractivity contribution in [1.29, 1.82) is 0 Å². The maximum atomic E-state index is 12.4. The van der Waals surface area contributed by atoms with Crippen LogP contribution in [0.5, 0.6) is 0 Å². The molecule has 1 fully saturated rings. The van der Waals surface area contributed by atoms with Gasteiger partial charge in [-0.3, -0.25) is 10.1 Å². The predicted octanol–water partition coefficient (Wildman–Crippen LogP) is 2.62. The molecular formula is C20H33N4O6-. The Balaban J connectivity index is 2.40. The van der Waals surface area contributed by atoms with Crippen molar-refractivity contribution in [2.75, 3.05) is 13.1 Å². The van der Waals surface area contributed by atoms with Gasteiger partial charge in [0.1, 0.15) is 11.3 Å². The summed E-state index contributed by atoms with van der Waals surface area (Å²) < 4.78 is 5.32. The van der Waals surface area contributed by atoms with E-state index >= 15 is 0 Å². The molecule has 1 unspecified atom stereocenters. The summed E-state index contributed by atoms with van der Waals surface area (Å²) in [6.07, 6.45) is 1.15. The van der Waals surface area contributed by atoms with E-state index in [1.54, 1.807) is 32.6 Å². The summed E-state index contributed by atoms with van der Waals surface area (Å²) in [7, 11) is 0. The molecule has 30 heavy (non-hydrogen) atoms. The number of ether oxygens (including phenoxy) is 1. The van der Waals surface area contributed by atoms with Gasteiger partial charge in [0.2, 0.25) is 0 Å². The van der Waals surface area contributed by atoms with Crippen LogP contribution in [-0.4, -0.2) is 51.4 Å². The molecule has 0 aromatic carbocycles. The Bertz CT molecular complexity index is 753. The highest BCUT2D eigenvalue weighted by Gasteiger charge is 2.46. The van der Waals surface area contributed by atoms with Crippen molar-refractivity contribution in [3.8, 4) is 0 Å². The molecule has 0 saturated carbocycles. The monoisotopic (exact) mass is 425 g/mol. The number of rotatable bonds is 5. The van der Waals surface area contributed by atoms with Crippen LogP contribution >= 0.6 is 0 Å². The molecule has 3 atom stereocenters. The summed E-state index contributed by atoms with van der Waals surface area (Å²) >= 11 is 0. The Morgan fingerprint density at radius 2 is 1.97 bits per heavy atom. The maximum Gasteiger partial charge on any atom is 0.408 e. The number of aliphatic hydroxyl groups is 1. The third-order valence-electron chi connectivity index (χ3n) is 5.85. The van der Waals surface area contributed by atoms with E-state index in [9.17, 15) is 25.2 Å². The Morgan fingerprint density at radius 1 is 1.33 bits per heavy atom. The molecule has 2 aliphatic rings. The fourth-order valence-electron chi connectivity index (χ4n) is 4.00. The number of alkyl carbamates (subject to hydrolysis) is 1. The van der Waals surface area contributed by atoms with Gasteiger partial charge in [0, 0.05) is 37.2 Å². The molecule has 1 aliphatic heterocycles. The van der Waals surface area contributed by atoms with E-state index in [1.807, 2.05) is 12.4 Å². The normalized spacial score (nSPS) is 28.2. The third-order valence-corrected chi connectivity index (χ3v) is 5.85. The smallest absolute Gasteiger partial charge is 0.408 e. The van der Waals surface area contributed by atoms with Crippen molar-refractivity contribution >= 4 is 6.09 Å². The Labute approximate surface area is 177 Å². The van der Waals surface area contributed by atoms with Crippen LogP contribution in [0.15, 0.2) is 22.7 Å². The Morgan fingerprint density at radius 3 is 2.50 bits per heavy atom. The molecule has 0 radical (unpaired) electrons. The first-order valence-corrected chi connectivity index (χ1v) is 10.2. The minimum absolute atomic E-state index is 0.0654. The number of piperidine rings is 1. The Hall–Kier alpha value is -2.33. The highest BCUT2D eigenvalue weighted by atomic mass is 16.6. The molecule has 10 heteroatoms. The number of hydrogen-bond acceptors (Lipinski definition) is 8. The number of carbonyl (C=O) groups is 1. The second-order valence-corrected chi connectivity index (χ2v) is 9.33. The van der Waals surface area contributed by atoms with Crippen molar-refractivity contribution < 1.29 is 19.6 Å². The minimum Gasteiger partial charge on any atom is -0.761 e. The number of allylic oxidation sites excluding steroid dienone is 3. The van der Waals surface area contributed by atoms with Gasteiger partial charge < -0.3 is 30.7 Å². The van der Waals surface area contributed by atoms with Crippen LogP contribution < -0.4 is 10.8 Å². The average molecular weight is 426 g/mol. The second-order valence-electron chi connectivity index (χ2n) is 9.33. The van der Waals surface area contributed by atoms with E-state index in [0.717, 1.165) is 6.42 Å². The average Bonchev–Trinajstić information content (AvgIpc) is 3.06. The van der Waals surface area contributed by atoms with Crippen LogP contribution in [0.3, 0.4) is 0 Å². The van der Waals surface area contributed by atoms with Gasteiger partial charge in [0.05, 0.1) is 16.6 Å². The summed E-state index contributed by atoms with van der Waals surface area (Å²) in [5.74, 6) is -0.314. The molecule has 1 amide bonds. The molecule has 170 valence electrons. The third kappa shape index (κ3) is 5.23. The first-order chi connectivity index (χ1) is 13.8. The number of amides is 1. The van der Waals surface area contributed by atoms with E-state index in [0.29, 0.717) is 36.4 Å². The summed E-state index contributed by atoms with van der Waals surface area (Å²) in [4.78, 5) is 25.3. The van der Waals surface area contributed by atoms with Gasteiger partial charge >= 0.3 is 6.09 Å². The van der Waals surface area contributed by atoms with Crippen LogP contribution in [0.1, 0.15) is 60.8 Å². The van der Waals surface area contributed by atoms with Gasteiger partial charge in [-0.15, -0.1) is 0 Å². The number of hydroxylamine groups is 1. The molecule has 2 rings (SSSR count). The van der Waals surface area contributed by atoms with Crippen LogP contribution in [0.25, 0.3) is 0 Å². The van der Waals surface area contributed by atoms with Crippen molar-refractivity contribution in [2.24, 2.45) is 5.92 Å². The number of likely N-dealkylation sites (tertiary alicyclic amines) is 1. The largest absolute Gasteiger partial charge is 0.761 e. The van der Waals surface area contributed by atoms with Gasteiger partial charge in [-0.2, -0.15) is 0 Å². The summed E-state index contributed by atoms with van der Waals surface area (Å²) in [5.41, 5.74) is 1.38. The summed E-state index contributed by atoms with van der Waals surface area (Å²) in [5, 5.41) is 36.8. The van der Waals surface area contributed by atoms with Crippen molar-refractivity contribution in [2.45, 2.75) is 78.0 Å². The lowest BCUT2D eigenvalue weighted by Crippen LogP contribution is -2.65. The second kappa shape index (κ2) is 8.81. The molecule has 1 aliphatic carbocycles. The zero-order valence-electron chi connectivity index (χ0n) is 18.6. The van der Waals surface area contributed by atoms with Crippen molar-refractivity contribution in [1.82, 2.24) is 15.7 Å². The lowest BCUT2D eigenvalue weighted by atomic mass is 9.79. The van der Waals surface area contributed by atoms with E-state index < -0.39 is 28.3 Å². The number of nitrogens with zero attached hydrogens (tertiary/aromatic N) is 2. The fraction of sp³-hybridized carbons (Fsp3) is 0.750. The van der Waals surface area contributed by atoms with Gasteiger partial charge in [0.25, 0.3) is 5.70 Å². The lowest BCUT2D eigenvalue weighted by molar-refractivity contribution is -0.426. The lowest BCUT2D eigenvalue weighted by Gasteiger charge is -2.48. The molecule has 1 saturated heterocycles. The standard InChI is InChI=1S/C20H33N4O6/c1-12-10-23(11-16(20(12,6)26)21-18(25)30-19(3,4)5)17(13(2)24(28)29)14-8-7-9-15(14)22-27/h12,16,22,26H,7-11H2,1-6H3,(H,21,25)/q-1/b17-13-/t12-,16+,20?/m0/s1. The van der Waals surface area contributed by atoms with Crippen molar-refractivity contribution in [3.05, 3.63) is 38.0 Å². The number of carbonyl (C=O) groups excluding carboxylic acids is 1. The molecule has 0 aromatic rings. The van der Waals surface area contributed by atoms with Gasteiger partial charge in [-0.25, -0.2) is 4.79 Å². The van der Waals surface area contributed by atoms with Crippen LogP contribution in [0, 0.1) is 21.2 Å². The van der Waals surface area contributed by atoms with E-state index in [2.05, 4.69) is 5.32 Å². The van der Waals surface area contributed by atoms with E-state index in [4.69, 9.17) is 4.74 Å². The summed E-state index contributed by atoms with van der Waals surface area (Å²) in [6, 6.07) is -0.726. The minimum atomic E-state index is -1.25. The van der Waals surface area contributed by atoms with E-state index in [1.165, 1.54) is 6.92 Å². The first kappa shape index (κ1) is 23.9. The van der Waals surface area contributed by atoms with Crippen LogP contribution in [-0.2, 0) is 4.74 Å². The number of nitrogens with one attached hydrogen (secondary N) is 2. The first-order valence-electron chi connectivity index (χ1n) is 10.2. The zero-order valence-corrected chi connectivity index (χ0v) is 18.6. The van der Waals surface area contributed by atoms with Gasteiger partial charge in [0.15, 0.2) is 0 Å². The van der Waals surface area contributed by atoms with Crippen LogP contribution in [0.4, 0.5) is 4.79 Å². The zero-order chi connectivity index (χ0) is 22.9. The maximum absolute atomic E-state index is 12.4. The van der Waals surface area contributed by atoms with Crippen LogP contribution in [0.2, 0.25) is 0 Å². The number of hydrogen-bond donors (Lipinski definition) is 3. The molecule has 1 heterocycles. The topological polar surface area (TPSA) is 140 Å². The highest BCUT2D eigenvalue weighted by Crippen LogP contribution is 2.37. The molecule has 0 aromatic heterocycles. The van der Waals surface area contributed by atoms with Gasteiger partial charge in [-0.05, 0) is 47.0 Å². The molecular weight excluding hydrogens is 392 g/mol. The Kier molecular flexibility index (Phi) is 7.03. The fourth-order valence-corrected chi connectivity index (χ4v) is 4.00. The predicted molar refractivity (Wildman–Crippen MR) is 112 cm³/mol. The molecule has 0 bridgehead atoms. The van der Waals surface area contributed by atoms with Crippen molar-refractivity contribution in [3.63, 3.8) is 0 Å². The SMILES string of the molecule is C/C(=C(\C1=C(N[O-])CCC1)N1C[C@H](C)C(C)(O)[C@H](NC(=O)OC(C)(C)C)C1)[N+](=O)[O-]. The highest BCUT2D eigenvalue weighted by molar-refractivity contribution is 5.68. The molecule has 10 nitrogen and oxygen atoms in total. The van der Waals surface area contributed by atoms with Gasteiger partial charge in [-0.1, -0.05) is 6.92 Å². The number of nitro groups is 1. The molecule has 3 N–H and O–H groups in total.